The van der Waals surface area contributed by atoms with Crippen LogP contribution in [0.3, 0.4) is 0 Å². The van der Waals surface area contributed by atoms with E-state index in [-0.39, 0.29) is 25.0 Å². The number of halogens is 3. The third-order valence-electron chi connectivity index (χ3n) is 5.78. The number of likely N-dealkylation sites (N-methyl/N-ethyl adjacent to an activating group) is 1. The van der Waals surface area contributed by atoms with E-state index in [1.807, 2.05) is 51.1 Å². The van der Waals surface area contributed by atoms with Gasteiger partial charge in [0.25, 0.3) is 5.91 Å². The molecular weight excluding hydrogens is 519 g/mol. The fourth-order valence-electron chi connectivity index (χ4n) is 3.92. The summed E-state index contributed by atoms with van der Waals surface area (Å²) in [6.45, 7) is 5.80. The van der Waals surface area contributed by atoms with Gasteiger partial charge < -0.3 is 15.0 Å². The molecule has 5 nitrogen and oxygen atoms in total. The first-order valence-electron chi connectivity index (χ1n) is 11.6. The molecule has 0 heterocycles. The number of carbonyl (C=O) groups excluding carboxylic acids is 2. The van der Waals surface area contributed by atoms with Crippen LogP contribution in [0.2, 0.25) is 15.1 Å². The van der Waals surface area contributed by atoms with Crippen molar-refractivity contribution in [1.29, 1.82) is 0 Å². The highest BCUT2D eigenvalue weighted by Gasteiger charge is 2.31. The Morgan fingerprint density at radius 3 is 2.14 bits per heavy atom. The fourth-order valence-corrected chi connectivity index (χ4v) is 4.54. The van der Waals surface area contributed by atoms with Crippen LogP contribution in [0.15, 0.2) is 60.7 Å². The Balaban J connectivity index is 1.95. The first-order chi connectivity index (χ1) is 17.2. The normalized spacial score (nSPS) is 11.6. The van der Waals surface area contributed by atoms with Gasteiger partial charge in [-0.1, -0.05) is 71.2 Å². The molecule has 8 heteroatoms. The Morgan fingerprint density at radius 2 is 1.56 bits per heavy atom. The summed E-state index contributed by atoms with van der Waals surface area (Å²) in [5.74, 6) is -0.115. The number of hydrogen-bond donors (Lipinski definition) is 1. The highest BCUT2D eigenvalue weighted by molar-refractivity contribution is 6.36. The molecule has 0 radical (unpaired) electrons. The third kappa shape index (κ3) is 7.16. The second-order valence-corrected chi connectivity index (χ2v) is 9.67. The van der Waals surface area contributed by atoms with Gasteiger partial charge in [0.15, 0.2) is 6.61 Å². The van der Waals surface area contributed by atoms with Gasteiger partial charge in [0, 0.05) is 40.1 Å². The number of aryl methyl sites for hydroxylation is 2. The molecule has 0 bridgehead atoms. The maximum Gasteiger partial charge on any atom is 0.261 e. The van der Waals surface area contributed by atoms with Crippen molar-refractivity contribution in [3.8, 4) is 5.75 Å². The van der Waals surface area contributed by atoms with Gasteiger partial charge in [-0.3, -0.25) is 9.59 Å². The summed E-state index contributed by atoms with van der Waals surface area (Å²) in [6, 6.07) is 17.5. The average Bonchev–Trinajstić information content (AvgIpc) is 2.85. The zero-order valence-corrected chi connectivity index (χ0v) is 22.8. The van der Waals surface area contributed by atoms with Crippen molar-refractivity contribution in [3.05, 3.63) is 98.0 Å². The van der Waals surface area contributed by atoms with E-state index in [2.05, 4.69) is 5.32 Å². The SMILES string of the molecule is CCNC(=O)[C@@H](Cc1ccccc1)N(Cc1c(Cl)cccc1Cl)C(=O)COc1cc(C)c(Cl)c(C)c1. The van der Waals surface area contributed by atoms with Crippen LogP contribution in [0.5, 0.6) is 5.75 Å². The molecule has 190 valence electrons. The van der Waals surface area contributed by atoms with E-state index < -0.39 is 6.04 Å². The molecule has 0 aliphatic carbocycles. The predicted octanol–water partition coefficient (Wildman–Crippen LogP) is 6.42. The summed E-state index contributed by atoms with van der Waals surface area (Å²) in [7, 11) is 0. The number of carbonyl (C=O) groups is 2. The maximum atomic E-state index is 13.6. The Hall–Kier alpha value is -2.73. The molecule has 0 unspecified atom stereocenters. The number of hydrogen-bond acceptors (Lipinski definition) is 3. The summed E-state index contributed by atoms with van der Waals surface area (Å²) < 4.78 is 5.86. The predicted molar refractivity (Wildman–Crippen MR) is 146 cm³/mol. The van der Waals surface area contributed by atoms with Gasteiger partial charge in [-0.05, 0) is 61.7 Å². The van der Waals surface area contributed by atoms with Crippen LogP contribution in [0.4, 0.5) is 0 Å². The second-order valence-electron chi connectivity index (χ2n) is 8.48. The molecule has 36 heavy (non-hydrogen) atoms. The number of nitrogens with zero attached hydrogens (tertiary/aromatic N) is 1. The summed E-state index contributed by atoms with van der Waals surface area (Å²) >= 11 is 19.1. The molecule has 0 saturated heterocycles. The molecule has 1 N–H and O–H groups in total. The summed E-state index contributed by atoms with van der Waals surface area (Å²) in [5, 5.41) is 4.34. The topological polar surface area (TPSA) is 58.6 Å². The van der Waals surface area contributed by atoms with E-state index in [4.69, 9.17) is 39.5 Å². The van der Waals surface area contributed by atoms with Crippen molar-refractivity contribution < 1.29 is 14.3 Å². The molecule has 2 amide bonds. The van der Waals surface area contributed by atoms with Crippen molar-refractivity contribution in [1.82, 2.24) is 10.2 Å². The first kappa shape index (κ1) is 27.9. The van der Waals surface area contributed by atoms with Gasteiger partial charge in [0.05, 0.1) is 0 Å². The Bertz CT molecular complexity index is 1170. The zero-order valence-electron chi connectivity index (χ0n) is 20.5. The van der Waals surface area contributed by atoms with Crippen LogP contribution in [0.1, 0.15) is 29.2 Å². The number of rotatable bonds is 10. The molecule has 0 aliphatic rings. The van der Waals surface area contributed by atoms with Gasteiger partial charge in [-0.15, -0.1) is 0 Å². The van der Waals surface area contributed by atoms with Crippen LogP contribution in [0, 0.1) is 13.8 Å². The summed E-state index contributed by atoms with van der Waals surface area (Å²) in [6.07, 6.45) is 0.319. The Morgan fingerprint density at radius 1 is 0.944 bits per heavy atom. The molecule has 1 atom stereocenters. The van der Waals surface area contributed by atoms with Crippen molar-refractivity contribution in [2.45, 2.75) is 39.8 Å². The van der Waals surface area contributed by atoms with Gasteiger partial charge in [-0.2, -0.15) is 0 Å². The third-order valence-corrected chi connectivity index (χ3v) is 7.09. The van der Waals surface area contributed by atoms with Crippen molar-refractivity contribution in [2.75, 3.05) is 13.2 Å². The van der Waals surface area contributed by atoms with E-state index in [1.165, 1.54) is 4.90 Å². The lowest BCUT2D eigenvalue weighted by molar-refractivity contribution is -0.142. The van der Waals surface area contributed by atoms with Gasteiger partial charge in [0.2, 0.25) is 5.91 Å². The quantitative estimate of drug-likeness (QED) is 0.319. The molecule has 0 spiro atoms. The molecule has 0 aromatic heterocycles. The minimum Gasteiger partial charge on any atom is -0.484 e. The van der Waals surface area contributed by atoms with Crippen LogP contribution in [0.25, 0.3) is 0 Å². The van der Waals surface area contributed by atoms with Gasteiger partial charge >= 0.3 is 0 Å². The van der Waals surface area contributed by atoms with Crippen molar-refractivity contribution in [3.63, 3.8) is 0 Å². The second kappa shape index (κ2) is 13.0. The van der Waals surface area contributed by atoms with E-state index in [0.717, 1.165) is 16.7 Å². The van der Waals surface area contributed by atoms with Crippen LogP contribution in [-0.4, -0.2) is 35.9 Å². The lowest BCUT2D eigenvalue weighted by Crippen LogP contribution is -2.51. The average molecular weight is 548 g/mol. The Labute approximate surface area is 227 Å². The van der Waals surface area contributed by atoms with E-state index >= 15 is 0 Å². The standard InChI is InChI=1S/C28H29Cl3N2O3/c1-4-32-28(35)25(15-20-9-6-5-7-10-20)33(16-22-23(29)11-8-12-24(22)30)26(34)17-36-21-13-18(2)27(31)19(3)14-21/h5-14,25H,4,15-17H2,1-3H3,(H,32,35)/t25-/m1/s1. The number of amides is 2. The highest BCUT2D eigenvalue weighted by atomic mass is 35.5. The van der Waals surface area contributed by atoms with E-state index in [9.17, 15) is 9.59 Å². The van der Waals surface area contributed by atoms with Gasteiger partial charge in [-0.25, -0.2) is 0 Å². The summed E-state index contributed by atoms with van der Waals surface area (Å²) in [4.78, 5) is 28.3. The maximum absolute atomic E-state index is 13.6. The van der Waals surface area contributed by atoms with Crippen molar-refractivity contribution in [2.24, 2.45) is 0 Å². The fraction of sp³-hybridized carbons (Fsp3) is 0.286. The minimum absolute atomic E-state index is 0.0496. The number of nitrogens with one attached hydrogen (secondary N) is 1. The molecule has 3 aromatic rings. The van der Waals surface area contributed by atoms with Crippen LogP contribution >= 0.6 is 34.8 Å². The molecule has 0 fully saturated rings. The van der Waals surface area contributed by atoms with Crippen LogP contribution in [-0.2, 0) is 22.6 Å². The largest absolute Gasteiger partial charge is 0.484 e. The van der Waals surface area contributed by atoms with Crippen LogP contribution < -0.4 is 10.1 Å². The zero-order chi connectivity index (χ0) is 26.2. The van der Waals surface area contributed by atoms with E-state index in [0.29, 0.717) is 39.3 Å². The highest BCUT2D eigenvalue weighted by Crippen LogP contribution is 2.28. The molecule has 3 rings (SSSR count). The molecular formula is C28H29Cl3N2O3. The molecule has 0 aliphatic heterocycles. The molecule has 3 aromatic carbocycles. The Kier molecular flexibility index (Phi) is 10.1. The monoisotopic (exact) mass is 546 g/mol. The minimum atomic E-state index is -0.801. The van der Waals surface area contributed by atoms with Crippen molar-refractivity contribution >= 4 is 46.6 Å². The molecule has 0 saturated carbocycles. The number of benzene rings is 3. The first-order valence-corrected chi connectivity index (χ1v) is 12.8. The smallest absolute Gasteiger partial charge is 0.261 e. The number of ether oxygens (including phenoxy) is 1. The summed E-state index contributed by atoms with van der Waals surface area (Å²) in [5.41, 5.74) is 3.18. The lowest BCUT2D eigenvalue weighted by atomic mass is 10.0. The lowest BCUT2D eigenvalue weighted by Gasteiger charge is -2.32. The van der Waals surface area contributed by atoms with Gasteiger partial charge in [0.1, 0.15) is 11.8 Å². The van der Waals surface area contributed by atoms with E-state index in [1.54, 1.807) is 30.3 Å².